The Morgan fingerprint density at radius 3 is 2.41 bits per heavy atom. The number of methoxy groups -OCH3 is 1. The molecular formula is C19H20O3. The van der Waals surface area contributed by atoms with Gasteiger partial charge in [0.15, 0.2) is 11.5 Å². The van der Waals surface area contributed by atoms with Crippen LogP contribution in [0.3, 0.4) is 0 Å². The molecule has 0 bridgehead atoms. The first-order valence-corrected chi connectivity index (χ1v) is 7.52. The van der Waals surface area contributed by atoms with Crippen molar-refractivity contribution in [2.45, 2.75) is 31.8 Å². The highest BCUT2D eigenvalue weighted by Gasteiger charge is 2.48. The molecule has 0 radical (unpaired) electrons. The Kier molecular flexibility index (Phi) is 3.88. The van der Waals surface area contributed by atoms with E-state index in [4.69, 9.17) is 9.47 Å². The van der Waals surface area contributed by atoms with E-state index < -0.39 is 0 Å². The summed E-state index contributed by atoms with van der Waals surface area (Å²) in [6.45, 7) is 2.15. The van der Waals surface area contributed by atoms with E-state index >= 15 is 0 Å². The summed E-state index contributed by atoms with van der Waals surface area (Å²) >= 11 is 0. The number of carbonyl (C=O) groups excluding carboxylic acids is 1. The van der Waals surface area contributed by atoms with E-state index in [1.807, 2.05) is 48.5 Å². The highest BCUT2D eigenvalue weighted by atomic mass is 16.5. The highest BCUT2D eigenvalue weighted by molar-refractivity contribution is 5.91. The molecular weight excluding hydrogens is 276 g/mol. The van der Waals surface area contributed by atoms with Crippen LogP contribution >= 0.6 is 0 Å². The summed E-state index contributed by atoms with van der Waals surface area (Å²) in [6, 6.07) is 15.8. The number of carbonyl (C=O) groups is 1. The summed E-state index contributed by atoms with van der Waals surface area (Å²) in [7, 11) is 1.63. The quantitative estimate of drug-likeness (QED) is 0.811. The van der Waals surface area contributed by atoms with Gasteiger partial charge < -0.3 is 9.47 Å². The third-order valence-corrected chi connectivity index (χ3v) is 4.38. The average Bonchev–Trinajstić information content (AvgIpc) is 3.35. The Morgan fingerprint density at radius 2 is 1.82 bits per heavy atom. The third kappa shape index (κ3) is 2.71. The first-order valence-electron chi connectivity index (χ1n) is 7.52. The Labute approximate surface area is 130 Å². The van der Waals surface area contributed by atoms with Crippen LogP contribution in [0.1, 0.15) is 30.9 Å². The second-order valence-corrected chi connectivity index (χ2v) is 5.78. The second-order valence-electron chi connectivity index (χ2n) is 5.78. The van der Waals surface area contributed by atoms with Crippen molar-refractivity contribution in [1.82, 2.24) is 0 Å². The van der Waals surface area contributed by atoms with Crippen molar-refractivity contribution in [1.29, 1.82) is 0 Å². The Hall–Kier alpha value is -2.29. The minimum Gasteiger partial charge on any atom is -0.493 e. The summed E-state index contributed by atoms with van der Waals surface area (Å²) in [5, 5.41) is 0. The Bertz CT molecular complexity index is 672. The van der Waals surface area contributed by atoms with Gasteiger partial charge in [0, 0.05) is 0 Å². The zero-order valence-corrected chi connectivity index (χ0v) is 13.0. The van der Waals surface area contributed by atoms with Crippen LogP contribution in [0.4, 0.5) is 0 Å². The van der Waals surface area contributed by atoms with Gasteiger partial charge in [-0.1, -0.05) is 36.4 Å². The molecule has 22 heavy (non-hydrogen) atoms. The first-order chi connectivity index (χ1) is 10.7. The van der Waals surface area contributed by atoms with Gasteiger partial charge in [-0.2, -0.15) is 0 Å². The summed E-state index contributed by atoms with van der Waals surface area (Å²) < 4.78 is 11.3. The van der Waals surface area contributed by atoms with Gasteiger partial charge >= 0.3 is 0 Å². The maximum atomic E-state index is 11.9. The van der Waals surface area contributed by atoms with Crippen molar-refractivity contribution in [2.75, 3.05) is 7.11 Å². The molecule has 0 spiro atoms. The minimum atomic E-state index is -0.295. The molecule has 1 fully saturated rings. The molecule has 1 aliphatic rings. The third-order valence-electron chi connectivity index (χ3n) is 4.38. The van der Waals surface area contributed by atoms with Crippen molar-refractivity contribution < 1.29 is 14.3 Å². The van der Waals surface area contributed by atoms with Gasteiger partial charge in [-0.05, 0) is 43.0 Å². The normalized spacial score (nSPS) is 15.2. The minimum absolute atomic E-state index is 0.228. The summed E-state index contributed by atoms with van der Waals surface area (Å²) in [5.74, 6) is 1.61. The van der Waals surface area contributed by atoms with Gasteiger partial charge in [-0.15, -0.1) is 0 Å². The average molecular weight is 296 g/mol. The molecule has 1 saturated carbocycles. The van der Waals surface area contributed by atoms with Gasteiger partial charge in [-0.3, -0.25) is 4.79 Å². The van der Waals surface area contributed by atoms with Gasteiger partial charge in [-0.25, -0.2) is 0 Å². The number of benzene rings is 2. The SMILES string of the molecule is COc1ccc(C2(C(C)=O)CC2)cc1OCc1ccccc1. The van der Waals surface area contributed by atoms with E-state index in [-0.39, 0.29) is 11.2 Å². The molecule has 0 N–H and O–H groups in total. The van der Waals surface area contributed by atoms with Crippen LogP contribution in [0.25, 0.3) is 0 Å². The molecule has 0 atom stereocenters. The maximum absolute atomic E-state index is 11.9. The Balaban J connectivity index is 1.84. The molecule has 114 valence electrons. The number of ketones is 1. The molecule has 0 saturated heterocycles. The van der Waals surface area contributed by atoms with Gasteiger partial charge in [0.25, 0.3) is 0 Å². The number of rotatable bonds is 6. The van der Waals surface area contributed by atoms with E-state index in [0.717, 1.165) is 24.0 Å². The van der Waals surface area contributed by atoms with Crippen molar-refractivity contribution in [3.05, 3.63) is 59.7 Å². The fourth-order valence-corrected chi connectivity index (χ4v) is 2.79. The zero-order valence-electron chi connectivity index (χ0n) is 13.0. The molecule has 0 heterocycles. The summed E-state index contributed by atoms with van der Waals surface area (Å²) in [4.78, 5) is 11.9. The van der Waals surface area contributed by atoms with Crippen molar-refractivity contribution >= 4 is 5.78 Å². The van der Waals surface area contributed by atoms with E-state index in [9.17, 15) is 4.79 Å². The summed E-state index contributed by atoms with van der Waals surface area (Å²) in [6.07, 6.45) is 1.85. The molecule has 3 rings (SSSR count). The predicted octanol–water partition coefficient (Wildman–Crippen LogP) is 3.89. The van der Waals surface area contributed by atoms with Crippen LogP contribution in [0.2, 0.25) is 0 Å². The van der Waals surface area contributed by atoms with Crippen molar-refractivity contribution in [2.24, 2.45) is 0 Å². The lowest BCUT2D eigenvalue weighted by atomic mass is 9.92. The standard InChI is InChI=1S/C19H20O3/c1-14(20)19(10-11-19)16-8-9-17(21-2)18(12-16)22-13-15-6-4-3-5-7-15/h3-9,12H,10-11,13H2,1-2H3. The van der Waals surface area contributed by atoms with E-state index in [2.05, 4.69) is 0 Å². The topological polar surface area (TPSA) is 35.5 Å². The fourth-order valence-electron chi connectivity index (χ4n) is 2.79. The number of hydrogen-bond acceptors (Lipinski definition) is 3. The number of ether oxygens (including phenoxy) is 2. The zero-order chi connectivity index (χ0) is 15.6. The first kappa shape index (κ1) is 14.6. The monoisotopic (exact) mass is 296 g/mol. The van der Waals surface area contributed by atoms with Crippen LogP contribution in [-0.2, 0) is 16.8 Å². The molecule has 1 aliphatic carbocycles. The molecule has 3 nitrogen and oxygen atoms in total. The van der Waals surface area contributed by atoms with Gasteiger partial charge in [0.2, 0.25) is 0 Å². The van der Waals surface area contributed by atoms with Crippen LogP contribution in [0.15, 0.2) is 48.5 Å². The highest BCUT2D eigenvalue weighted by Crippen LogP contribution is 2.50. The predicted molar refractivity (Wildman–Crippen MR) is 85.4 cm³/mol. The molecule has 3 heteroatoms. The van der Waals surface area contributed by atoms with Crippen LogP contribution < -0.4 is 9.47 Å². The fraction of sp³-hybridized carbons (Fsp3) is 0.316. The second kappa shape index (κ2) is 5.84. The molecule has 0 amide bonds. The lowest BCUT2D eigenvalue weighted by molar-refractivity contribution is -0.119. The van der Waals surface area contributed by atoms with Gasteiger partial charge in [0.1, 0.15) is 12.4 Å². The summed E-state index contributed by atoms with van der Waals surface area (Å²) in [5.41, 5.74) is 1.84. The largest absolute Gasteiger partial charge is 0.493 e. The van der Waals surface area contributed by atoms with E-state index in [0.29, 0.717) is 18.1 Å². The lowest BCUT2D eigenvalue weighted by Gasteiger charge is -2.16. The molecule has 0 aromatic heterocycles. The number of Topliss-reactive ketones (excluding diaryl/α,β-unsaturated/α-hetero) is 1. The maximum Gasteiger partial charge on any atom is 0.161 e. The van der Waals surface area contributed by atoms with Crippen molar-refractivity contribution in [3.63, 3.8) is 0 Å². The molecule has 2 aromatic rings. The molecule has 0 aliphatic heterocycles. The van der Waals surface area contributed by atoms with Crippen LogP contribution in [-0.4, -0.2) is 12.9 Å². The lowest BCUT2D eigenvalue weighted by Crippen LogP contribution is -2.17. The van der Waals surface area contributed by atoms with Gasteiger partial charge in [0.05, 0.1) is 12.5 Å². The van der Waals surface area contributed by atoms with E-state index in [1.54, 1.807) is 14.0 Å². The molecule has 0 unspecified atom stereocenters. The van der Waals surface area contributed by atoms with Crippen LogP contribution in [0.5, 0.6) is 11.5 Å². The smallest absolute Gasteiger partial charge is 0.161 e. The number of hydrogen-bond donors (Lipinski definition) is 0. The molecule has 2 aromatic carbocycles. The Morgan fingerprint density at radius 1 is 1.09 bits per heavy atom. The van der Waals surface area contributed by atoms with E-state index in [1.165, 1.54) is 0 Å². The van der Waals surface area contributed by atoms with Crippen molar-refractivity contribution in [3.8, 4) is 11.5 Å². The van der Waals surface area contributed by atoms with Crippen LogP contribution in [0, 0.1) is 0 Å².